The Hall–Kier alpha value is -2.70. The highest BCUT2D eigenvalue weighted by molar-refractivity contribution is 5.94. The van der Waals surface area contributed by atoms with E-state index in [1.54, 1.807) is 24.3 Å². The van der Waals surface area contributed by atoms with Crippen LogP contribution in [-0.2, 0) is 5.41 Å². The number of hydrogen-bond acceptors (Lipinski definition) is 4. The molecule has 0 aromatic heterocycles. The molecule has 1 aliphatic carbocycles. The lowest BCUT2D eigenvalue weighted by atomic mass is 9.91. The second-order valence-electron chi connectivity index (χ2n) is 6.32. The summed E-state index contributed by atoms with van der Waals surface area (Å²) in [6.07, 6.45) is 1.03. The molecule has 124 valence electrons. The van der Waals surface area contributed by atoms with Crippen molar-refractivity contribution in [2.75, 3.05) is 0 Å². The third-order valence-electron chi connectivity index (χ3n) is 4.88. The predicted molar refractivity (Wildman–Crippen MR) is 90.9 cm³/mol. The van der Waals surface area contributed by atoms with Crippen molar-refractivity contribution in [3.63, 3.8) is 0 Å². The number of nitrogens with one attached hydrogen (secondary N) is 2. The molecular formula is C18H20N4O2. The van der Waals surface area contributed by atoms with E-state index in [2.05, 4.69) is 17.8 Å². The molecule has 0 saturated heterocycles. The van der Waals surface area contributed by atoms with Crippen molar-refractivity contribution < 1.29 is 9.59 Å². The number of hydrogen-bond donors (Lipinski definition) is 4. The van der Waals surface area contributed by atoms with Crippen LogP contribution in [0.15, 0.2) is 48.5 Å². The van der Waals surface area contributed by atoms with E-state index in [0.29, 0.717) is 17.0 Å². The van der Waals surface area contributed by atoms with Crippen molar-refractivity contribution in [1.29, 1.82) is 0 Å². The molecule has 2 amide bonds. The molecule has 1 unspecified atom stereocenters. The molecule has 6 nitrogen and oxygen atoms in total. The largest absolute Gasteiger partial charge is 0.290 e. The fourth-order valence-electron chi connectivity index (χ4n) is 3.21. The Labute approximate surface area is 140 Å². The normalized spacial score (nSPS) is 21.9. The highest BCUT2D eigenvalue weighted by Crippen LogP contribution is 2.60. The lowest BCUT2D eigenvalue weighted by molar-refractivity contribution is 0.0945. The van der Waals surface area contributed by atoms with Gasteiger partial charge in [0.25, 0.3) is 11.8 Å². The van der Waals surface area contributed by atoms with Gasteiger partial charge in [-0.1, -0.05) is 31.2 Å². The maximum Gasteiger partial charge on any atom is 0.265 e. The van der Waals surface area contributed by atoms with Gasteiger partial charge in [0.1, 0.15) is 0 Å². The number of nitrogens with two attached hydrogens (primary N) is 2. The summed E-state index contributed by atoms with van der Waals surface area (Å²) in [4.78, 5) is 23.0. The lowest BCUT2D eigenvalue weighted by Crippen LogP contribution is -2.29. The number of amides is 2. The summed E-state index contributed by atoms with van der Waals surface area (Å²) in [6.45, 7) is 2.20. The van der Waals surface area contributed by atoms with Crippen LogP contribution < -0.4 is 22.5 Å². The van der Waals surface area contributed by atoms with E-state index in [1.165, 1.54) is 11.1 Å². The Bertz CT molecular complexity index is 771. The van der Waals surface area contributed by atoms with Crippen LogP contribution in [0.5, 0.6) is 0 Å². The third-order valence-corrected chi connectivity index (χ3v) is 4.88. The van der Waals surface area contributed by atoms with Gasteiger partial charge in [0.2, 0.25) is 0 Å². The summed E-state index contributed by atoms with van der Waals surface area (Å²) >= 11 is 0. The maximum atomic E-state index is 11.5. The Morgan fingerprint density at radius 3 is 1.83 bits per heavy atom. The zero-order chi connectivity index (χ0) is 17.3. The van der Waals surface area contributed by atoms with Gasteiger partial charge in [-0.05, 0) is 53.1 Å². The van der Waals surface area contributed by atoms with E-state index >= 15 is 0 Å². The fraction of sp³-hybridized carbons (Fsp3) is 0.222. The van der Waals surface area contributed by atoms with Gasteiger partial charge in [0.15, 0.2) is 0 Å². The quantitative estimate of drug-likeness (QED) is 0.386. The Morgan fingerprint density at radius 1 is 0.917 bits per heavy atom. The van der Waals surface area contributed by atoms with Crippen LogP contribution in [0.2, 0.25) is 0 Å². The smallest absolute Gasteiger partial charge is 0.265 e. The molecule has 0 aliphatic heterocycles. The summed E-state index contributed by atoms with van der Waals surface area (Å²) in [5, 5.41) is 0. The van der Waals surface area contributed by atoms with Gasteiger partial charge >= 0.3 is 0 Å². The highest BCUT2D eigenvalue weighted by Gasteiger charge is 2.51. The van der Waals surface area contributed by atoms with Crippen molar-refractivity contribution in [3.05, 3.63) is 70.8 Å². The monoisotopic (exact) mass is 324 g/mol. The molecule has 3 rings (SSSR count). The van der Waals surface area contributed by atoms with Crippen molar-refractivity contribution >= 4 is 11.8 Å². The molecular weight excluding hydrogens is 304 g/mol. The lowest BCUT2D eigenvalue weighted by Gasteiger charge is -2.13. The molecule has 2 aromatic rings. The van der Waals surface area contributed by atoms with Crippen LogP contribution in [0.3, 0.4) is 0 Å². The van der Waals surface area contributed by atoms with Crippen LogP contribution in [0.25, 0.3) is 0 Å². The average molecular weight is 324 g/mol. The molecule has 1 fully saturated rings. The summed E-state index contributed by atoms with van der Waals surface area (Å²) in [5.41, 5.74) is 7.75. The first-order valence-corrected chi connectivity index (χ1v) is 7.72. The van der Waals surface area contributed by atoms with Gasteiger partial charge in [-0.3, -0.25) is 20.4 Å². The average Bonchev–Trinajstić information content (AvgIpc) is 3.33. The number of rotatable bonds is 4. The number of carbonyl (C=O) groups excluding carboxylic acids is 2. The Kier molecular flexibility index (Phi) is 4.09. The van der Waals surface area contributed by atoms with Crippen LogP contribution in [0.1, 0.15) is 51.1 Å². The van der Waals surface area contributed by atoms with Crippen molar-refractivity contribution in [2.45, 2.75) is 24.7 Å². The number of carbonyl (C=O) groups is 2. The first-order valence-electron chi connectivity index (χ1n) is 7.72. The summed E-state index contributed by atoms with van der Waals surface area (Å²) in [7, 11) is 0. The number of hydrazine groups is 2. The minimum Gasteiger partial charge on any atom is -0.290 e. The molecule has 6 N–H and O–H groups in total. The molecule has 1 saturated carbocycles. The summed E-state index contributed by atoms with van der Waals surface area (Å²) in [6, 6.07) is 15.0. The second kappa shape index (κ2) is 6.07. The van der Waals surface area contributed by atoms with E-state index in [-0.39, 0.29) is 17.2 Å². The van der Waals surface area contributed by atoms with Gasteiger partial charge in [0, 0.05) is 11.1 Å². The minimum absolute atomic E-state index is 0.0371. The standard InChI is InChI=1S/C18H20N4O2/c1-18(14-8-6-13(7-9-14)17(24)22-20)10-15(18)11-2-4-12(5-3-11)16(23)21-19/h2-9,15H,10,19-20H2,1H3,(H,21,23)(H,22,24)/t15?,18-/m1/s1. The summed E-state index contributed by atoms with van der Waals surface area (Å²) < 4.78 is 0. The topological polar surface area (TPSA) is 110 Å². The van der Waals surface area contributed by atoms with Crippen molar-refractivity contribution in [2.24, 2.45) is 11.7 Å². The molecule has 2 aromatic carbocycles. The van der Waals surface area contributed by atoms with Crippen molar-refractivity contribution in [3.8, 4) is 0 Å². The number of benzene rings is 2. The maximum absolute atomic E-state index is 11.5. The first kappa shape index (κ1) is 16.2. The summed E-state index contributed by atoms with van der Waals surface area (Å²) in [5.74, 6) is 10.1. The van der Waals surface area contributed by atoms with E-state index in [0.717, 1.165) is 6.42 Å². The highest BCUT2D eigenvalue weighted by atomic mass is 16.2. The SMILES string of the molecule is C[C@]1(c2ccc(C(=O)NN)cc2)CC1c1ccc(C(=O)NN)cc1. The fourth-order valence-corrected chi connectivity index (χ4v) is 3.21. The Balaban J connectivity index is 1.77. The molecule has 0 heterocycles. The van der Waals surface area contributed by atoms with Crippen LogP contribution >= 0.6 is 0 Å². The molecule has 24 heavy (non-hydrogen) atoms. The minimum atomic E-state index is -0.298. The van der Waals surface area contributed by atoms with E-state index < -0.39 is 0 Å². The molecule has 0 radical (unpaired) electrons. The molecule has 2 atom stereocenters. The van der Waals surface area contributed by atoms with Crippen LogP contribution in [0, 0.1) is 0 Å². The Morgan fingerprint density at radius 2 is 1.38 bits per heavy atom. The van der Waals surface area contributed by atoms with Crippen molar-refractivity contribution in [1.82, 2.24) is 10.9 Å². The van der Waals surface area contributed by atoms with Crippen LogP contribution in [0.4, 0.5) is 0 Å². The molecule has 0 spiro atoms. The van der Waals surface area contributed by atoms with Gasteiger partial charge in [0.05, 0.1) is 0 Å². The third kappa shape index (κ3) is 2.77. The van der Waals surface area contributed by atoms with Crippen LogP contribution in [-0.4, -0.2) is 11.8 Å². The predicted octanol–water partition coefficient (Wildman–Crippen LogP) is 1.34. The molecule has 0 bridgehead atoms. The van der Waals surface area contributed by atoms with E-state index in [9.17, 15) is 9.59 Å². The number of nitrogen functional groups attached to an aromatic ring is 2. The van der Waals surface area contributed by atoms with E-state index in [4.69, 9.17) is 11.7 Å². The first-order chi connectivity index (χ1) is 11.5. The van der Waals surface area contributed by atoms with Gasteiger partial charge in [-0.15, -0.1) is 0 Å². The van der Waals surface area contributed by atoms with E-state index in [1.807, 2.05) is 24.3 Å². The molecule has 1 aliphatic rings. The van der Waals surface area contributed by atoms with Gasteiger partial charge in [-0.2, -0.15) is 0 Å². The van der Waals surface area contributed by atoms with Gasteiger partial charge < -0.3 is 0 Å². The molecule has 6 heteroatoms. The second-order valence-corrected chi connectivity index (χ2v) is 6.32. The van der Waals surface area contributed by atoms with Gasteiger partial charge in [-0.25, -0.2) is 11.7 Å². The zero-order valence-corrected chi connectivity index (χ0v) is 13.4. The zero-order valence-electron chi connectivity index (χ0n) is 13.4.